The lowest BCUT2D eigenvalue weighted by Gasteiger charge is -2.30. The molecule has 2 aromatic carbocycles. The van der Waals surface area contributed by atoms with Gasteiger partial charge in [0.2, 0.25) is 0 Å². The van der Waals surface area contributed by atoms with Gasteiger partial charge in [-0.1, -0.05) is 36.4 Å². The molecule has 0 aromatic heterocycles. The Morgan fingerprint density at radius 2 is 0.958 bits per heavy atom. The van der Waals surface area contributed by atoms with Gasteiger partial charge in [-0.2, -0.15) is 0 Å². The van der Waals surface area contributed by atoms with Gasteiger partial charge < -0.3 is 29.9 Å². The lowest BCUT2D eigenvalue weighted by Crippen LogP contribution is -2.51. The minimum Gasteiger partial charge on any atom is -0.485 e. The van der Waals surface area contributed by atoms with E-state index in [0.717, 1.165) is 0 Å². The van der Waals surface area contributed by atoms with Crippen LogP contribution in [0, 0.1) is 0 Å². The maximum absolute atomic E-state index is 10.3. The summed E-state index contributed by atoms with van der Waals surface area (Å²) in [5.41, 5.74) is 0. The summed E-state index contributed by atoms with van der Waals surface area (Å²) in [6, 6.07) is 17.3. The number of rotatable bonds is 9. The quantitative estimate of drug-likeness (QED) is 0.536. The molecule has 0 unspecified atom stereocenters. The fourth-order valence-electron chi connectivity index (χ4n) is 2.22. The zero-order valence-corrected chi connectivity index (χ0v) is 13.1. The van der Waals surface area contributed by atoms with Crippen LogP contribution in [0.15, 0.2) is 60.7 Å². The van der Waals surface area contributed by atoms with E-state index < -0.39 is 37.6 Å². The first-order valence-electron chi connectivity index (χ1n) is 7.67. The van der Waals surface area contributed by atoms with E-state index in [1.807, 2.05) is 12.1 Å². The first-order chi connectivity index (χ1) is 11.7. The van der Waals surface area contributed by atoms with Gasteiger partial charge in [0, 0.05) is 0 Å². The zero-order valence-electron chi connectivity index (χ0n) is 13.1. The predicted octanol–water partition coefficient (Wildman–Crippen LogP) is 0.588. The third kappa shape index (κ3) is 4.94. The highest BCUT2D eigenvalue weighted by atomic mass is 16.5. The highest BCUT2D eigenvalue weighted by Gasteiger charge is 2.34. The van der Waals surface area contributed by atoms with Crippen molar-refractivity contribution in [2.24, 2.45) is 0 Å². The molecular formula is C18H22O6. The van der Waals surface area contributed by atoms with Crippen molar-refractivity contribution < 1.29 is 29.9 Å². The van der Waals surface area contributed by atoms with Crippen LogP contribution < -0.4 is 9.47 Å². The Bertz CT molecular complexity index is 523. The van der Waals surface area contributed by atoms with Crippen LogP contribution >= 0.6 is 0 Å². The molecule has 0 spiro atoms. The number of aliphatic hydroxyl groups excluding tert-OH is 4. The summed E-state index contributed by atoms with van der Waals surface area (Å²) < 4.78 is 11.0. The highest BCUT2D eigenvalue weighted by molar-refractivity contribution is 5.22. The fraction of sp³-hybridized carbons (Fsp3) is 0.333. The van der Waals surface area contributed by atoms with Crippen LogP contribution in [0.2, 0.25) is 0 Å². The summed E-state index contributed by atoms with van der Waals surface area (Å²) in [5.74, 6) is 0.902. The summed E-state index contributed by atoms with van der Waals surface area (Å²) in [6.07, 6.45) is -5.02. The van der Waals surface area contributed by atoms with Crippen molar-refractivity contribution in [2.45, 2.75) is 24.4 Å². The van der Waals surface area contributed by atoms with Crippen molar-refractivity contribution in [3.8, 4) is 11.5 Å². The maximum Gasteiger partial charge on any atom is 0.150 e. The van der Waals surface area contributed by atoms with Crippen molar-refractivity contribution in [3.05, 3.63) is 60.7 Å². The molecule has 0 radical (unpaired) electrons. The van der Waals surface area contributed by atoms with E-state index in [-0.39, 0.29) is 0 Å². The second kappa shape index (κ2) is 9.24. The Labute approximate surface area is 140 Å². The summed E-state index contributed by atoms with van der Waals surface area (Å²) in [5, 5.41) is 39.5. The van der Waals surface area contributed by atoms with E-state index in [1.54, 1.807) is 48.5 Å². The number of para-hydroxylation sites is 2. The summed E-state index contributed by atoms with van der Waals surface area (Å²) >= 11 is 0. The summed E-state index contributed by atoms with van der Waals surface area (Å²) in [7, 11) is 0. The lowest BCUT2D eigenvalue weighted by molar-refractivity contribution is -0.110. The van der Waals surface area contributed by atoms with Crippen molar-refractivity contribution in [3.63, 3.8) is 0 Å². The molecule has 0 saturated heterocycles. The Hall–Kier alpha value is -2.12. The second-order valence-corrected chi connectivity index (χ2v) is 5.29. The lowest BCUT2D eigenvalue weighted by atomic mass is 10.0. The number of hydrogen-bond acceptors (Lipinski definition) is 6. The van der Waals surface area contributed by atoms with Gasteiger partial charge in [-0.05, 0) is 24.3 Å². The molecule has 0 bridgehead atoms. The van der Waals surface area contributed by atoms with Gasteiger partial charge >= 0.3 is 0 Å². The molecule has 0 aliphatic heterocycles. The molecule has 0 amide bonds. The van der Waals surface area contributed by atoms with Crippen molar-refractivity contribution >= 4 is 0 Å². The first kappa shape index (κ1) is 18.2. The molecule has 4 N–H and O–H groups in total. The minimum atomic E-state index is -1.45. The molecule has 130 valence electrons. The first-order valence-corrected chi connectivity index (χ1v) is 7.67. The zero-order chi connectivity index (χ0) is 17.4. The van der Waals surface area contributed by atoms with Gasteiger partial charge in [-0.25, -0.2) is 0 Å². The van der Waals surface area contributed by atoms with Crippen LogP contribution in [0.25, 0.3) is 0 Å². The SMILES string of the molecule is OC[C@H](Oc1ccccc1)[C@@H](O)[C@H](O)[C@@H](CO)Oc1ccccc1. The molecule has 0 saturated carbocycles. The van der Waals surface area contributed by atoms with E-state index >= 15 is 0 Å². The number of ether oxygens (including phenoxy) is 2. The molecule has 0 fully saturated rings. The van der Waals surface area contributed by atoms with E-state index in [9.17, 15) is 20.4 Å². The normalized spacial score (nSPS) is 16.0. The Morgan fingerprint density at radius 3 is 1.25 bits per heavy atom. The minimum absolute atomic E-state index is 0.451. The molecule has 6 heteroatoms. The van der Waals surface area contributed by atoms with Crippen LogP contribution in [0.4, 0.5) is 0 Å². The topological polar surface area (TPSA) is 99.4 Å². The van der Waals surface area contributed by atoms with Crippen LogP contribution in [-0.4, -0.2) is 58.1 Å². The van der Waals surface area contributed by atoms with Gasteiger partial charge in [-0.15, -0.1) is 0 Å². The molecule has 6 nitrogen and oxygen atoms in total. The smallest absolute Gasteiger partial charge is 0.150 e. The monoisotopic (exact) mass is 334 g/mol. The largest absolute Gasteiger partial charge is 0.485 e. The predicted molar refractivity (Wildman–Crippen MR) is 87.9 cm³/mol. The molecule has 24 heavy (non-hydrogen) atoms. The third-order valence-corrected chi connectivity index (χ3v) is 3.53. The van der Waals surface area contributed by atoms with Crippen molar-refractivity contribution in [1.29, 1.82) is 0 Å². The summed E-state index contributed by atoms with van der Waals surface area (Å²) in [4.78, 5) is 0. The van der Waals surface area contributed by atoms with Crippen LogP contribution in [0.3, 0.4) is 0 Å². The second-order valence-electron chi connectivity index (χ2n) is 5.29. The number of aliphatic hydroxyl groups is 4. The Balaban J connectivity index is 2.02. The standard InChI is InChI=1S/C18H22O6/c19-11-15(23-13-7-3-1-4-8-13)17(21)18(22)16(12-20)24-14-9-5-2-6-10-14/h1-10,15-22H,11-12H2/t15-,16+,17-,18-/m1/s1. The van der Waals surface area contributed by atoms with Crippen LogP contribution in [0.5, 0.6) is 11.5 Å². The van der Waals surface area contributed by atoms with Gasteiger partial charge in [-0.3, -0.25) is 0 Å². The average molecular weight is 334 g/mol. The molecule has 0 aliphatic rings. The molecule has 0 heterocycles. The van der Waals surface area contributed by atoms with E-state index in [1.165, 1.54) is 0 Å². The molecular weight excluding hydrogens is 312 g/mol. The van der Waals surface area contributed by atoms with Crippen molar-refractivity contribution in [1.82, 2.24) is 0 Å². The van der Waals surface area contributed by atoms with Crippen molar-refractivity contribution in [2.75, 3.05) is 13.2 Å². The van der Waals surface area contributed by atoms with E-state index in [0.29, 0.717) is 11.5 Å². The van der Waals surface area contributed by atoms with E-state index in [4.69, 9.17) is 9.47 Å². The number of benzene rings is 2. The third-order valence-electron chi connectivity index (χ3n) is 3.53. The van der Waals surface area contributed by atoms with Crippen LogP contribution in [-0.2, 0) is 0 Å². The molecule has 2 aromatic rings. The van der Waals surface area contributed by atoms with Gasteiger partial charge in [0.05, 0.1) is 13.2 Å². The Morgan fingerprint density at radius 1 is 0.625 bits per heavy atom. The van der Waals surface area contributed by atoms with Gasteiger partial charge in [0.1, 0.15) is 23.7 Å². The average Bonchev–Trinajstić information content (AvgIpc) is 2.64. The number of hydrogen-bond donors (Lipinski definition) is 4. The van der Waals surface area contributed by atoms with Gasteiger partial charge in [0.15, 0.2) is 12.2 Å². The molecule has 2 rings (SSSR count). The van der Waals surface area contributed by atoms with Crippen LogP contribution in [0.1, 0.15) is 0 Å². The molecule has 4 atom stereocenters. The highest BCUT2D eigenvalue weighted by Crippen LogP contribution is 2.18. The summed E-state index contributed by atoms with van der Waals surface area (Å²) in [6.45, 7) is -1.01. The fourth-order valence-corrected chi connectivity index (χ4v) is 2.22. The maximum atomic E-state index is 10.3. The Kier molecular flexibility index (Phi) is 7.02. The molecule has 0 aliphatic carbocycles. The van der Waals surface area contributed by atoms with Gasteiger partial charge in [0.25, 0.3) is 0 Å². The van der Waals surface area contributed by atoms with E-state index in [2.05, 4.69) is 0 Å².